The average Bonchev–Trinajstić information content (AvgIpc) is 3.16. The first kappa shape index (κ1) is 16.2. The summed E-state index contributed by atoms with van der Waals surface area (Å²) >= 11 is 5.21. The molecular formula is C16H16BrN3O2S. The van der Waals surface area contributed by atoms with Crippen molar-refractivity contribution in [3.05, 3.63) is 51.0 Å². The summed E-state index contributed by atoms with van der Waals surface area (Å²) in [5.41, 5.74) is 0.884. The Hall–Kier alpha value is -1.70. The SMILES string of the molecule is COc1ccc(-c2nnc(CN(C)Cc3ccc(Br)s3)o2)cc1. The van der Waals surface area contributed by atoms with Gasteiger partial charge in [0.2, 0.25) is 11.8 Å². The van der Waals surface area contributed by atoms with Crippen LogP contribution in [0.2, 0.25) is 0 Å². The molecule has 0 radical (unpaired) electrons. The molecule has 0 saturated heterocycles. The van der Waals surface area contributed by atoms with Crippen LogP contribution >= 0.6 is 27.3 Å². The molecule has 120 valence electrons. The second-order valence-corrected chi connectivity index (χ2v) is 7.66. The van der Waals surface area contributed by atoms with Crippen LogP contribution in [0, 0.1) is 0 Å². The van der Waals surface area contributed by atoms with E-state index in [4.69, 9.17) is 9.15 Å². The Bertz CT molecular complexity index is 770. The molecule has 0 spiro atoms. The third-order valence-electron chi connectivity index (χ3n) is 3.26. The Balaban J connectivity index is 1.64. The molecule has 0 aliphatic carbocycles. The molecule has 3 rings (SSSR count). The van der Waals surface area contributed by atoms with E-state index in [1.807, 2.05) is 31.3 Å². The van der Waals surface area contributed by atoms with Crippen LogP contribution in [-0.4, -0.2) is 29.3 Å². The van der Waals surface area contributed by atoms with E-state index in [1.165, 1.54) is 4.88 Å². The van der Waals surface area contributed by atoms with Gasteiger partial charge < -0.3 is 9.15 Å². The third-order valence-corrected chi connectivity index (χ3v) is 4.87. The van der Waals surface area contributed by atoms with Crippen molar-refractivity contribution in [2.45, 2.75) is 13.1 Å². The Labute approximate surface area is 147 Å². The van der Waals surface area contributed by atoms with Gasteiger partial charge in [0.1, 0.15) is 5.75 Å². The molecule has 0 amide bonds. The van der Waals surface area contributed by atoms with E-state index in [0.29, 0.717) is 18.3 Å². The fourth-order valence-electron chi connectivity index (χ4n) is 2.16. The van der Waals surface area contributed by atoms with Crippen molar-refractivity contribution in [3.8, 4) is 17.2 Å². The van der Waals surface area contributed by atoms with Crippen LogP contribution in [0.25, 0.3) is 11.5 Å². The van der Waals surface area contributed by atoms with E-state index in [0.717, 1.165) is 21.6 Å². The average molecular weight is 394 g/mol. The third kappa shape index (κ3) is 4.19. The van der Waals surface area contributed by atoms with Gasteiger partial charge in [-0.25, -0.2) is 0 Å². The minimum Gasteiger partial charge on any atom is -0.497 e. The van der Waals surface area contributed by atoms with E-state index in [1.54, 1.807) is 18.4 Å². The highest BCUT2D eigenvalue weighted by molar-refractivity contribution is 9.11. The number of hydrogen-bond acceptors (Lipinski definition) is 6. The normalized spacial score (nSPS) is 11.1. The van der Waals surface area contributed by atoms with Crippen molar-refractivity contribution < 1.29 is 9.15 Å². The number of thiophene rings is 1. The second kappa shape index (κ2) is 7.25. The Morgan fingerprint density at radius 2 is 1.91 bits per heavy atom. The number of benzene rings is 1. The summed E-state index contributed by atoms with van der Waals surface area (Å²) in [6.45, 7) is 1.45. The zero-order valence-electron chi connectivity index (χ0n) is 12.8. The Morgan fingerprint density at radius 1 is 1.13 bits per heavy atom. The molecule has 7 heteroatoms. The quantitative estimate of drug-likeness (QED) is 0.627. The monoisotopic (exact) mass is 393 g/mol. The van der Waals surface area contributed by atoms with E-state index >= 15 is 0 Å². The molecule has 3 aromatic rings. The summed E-state index contributed by atoms with van der Waals surface area (Å²) < 4.78 is 12.0. The number of ether oxygens (including phenoxy) is 1. The van der Waals surface area contributed by atoms with Crippen LogP contribution in [-0.2, 0) is 13.1 Å². The highest BCUT2D eigenvalue weighted by Gasteiger charge is 2.11. The minimum atomic E-state index is 0.523. The molecule has 0 aliphatic rings. The van der Waals surface area contributed by atoms with E-state index < -0.39 is 0 Å². The van der Waals surface area contributed by atoms with Gasteiger partial charge in [0, 0.05) is 17.0 Å². The molecule has 1 aromatic carbocycles. The van der Waals surface area contributed by atoms with Gasteiger partial charge in [0.15, 0.2) is 0 Å². The molecule has 0 atom stereocenters. The van der Waals surface area contributed by atoms with Gasteiger partial charge in [-0.1, -0.05) is 0 Å². The highest BCUT2D eigenvalue weighted by atomic mass is 79.9. The van der Waals surface area contributed by atoms with Crippen LogP contribution in [0.5, 0.6) is 5.75 Å². The van der Waals surface area contributed by atoms with Gasteiger partial charge in [0.25, 0.3) is 0 Å². The molecule has 23 heavy (non-hydrogen) atoms. The lowest BCUT2D eigenvalue weighted by atomic mass is 10.2. The van der Waals surface area contributed by atoms with Gasteiger partial charge in [0.05, 0.1) is 17.4 Å². The Kier molecular flexibility index (Phi) is 5.09. The number of aromatic nitrogens is 2. The first-order valence-corrected chi connectivity index (χ1v) is 8.64. The zero-order valence-corrected chi connectivity index (χ0v) is 15.2. The van der Waals surface area contributed by atoms with Gasteiger partial charge >= 0.3 is 0 Å². The van der Waals surface area contributed by atoms with E-state index in [9.17, 15) is 0 Å². The number of methoxy groups -OCH3 is 1. The first-order chi connectivity index (χ1) is 11.1. The molecule has 0 unspecified atom stereocenters. The largest absolute Gasteiger partial charge is 0.497 e. The standard InChI is InChI=1S/C16H16BrN3O2S/c1-20(9-13-7-8-14(17)23-13)10-15-18-19-16(22-15)11-3-5-12(21-2)6-4-11/h3-8H,9-10H2,1-2H3. The molecule has 0 bridgehead atoms. The molecule has 0 aliphatic heterocycles. The number of hydrogen-bond donors (Lipinski definition) is 0. The minimum absolute atomic E-state index is 0.523. The lowest BCUT2D eigenvalue weighted by Crippen LogP contribution is -2.16. The zero-order chi connectivity index (χ0) is 16.2. The van der Waals surface area contributed by atoms with Gasteiger partial charge in [-0.2, -0.15) is 0 Å². The fraction of sp³-hybridized carbons (Fsp3) is 0.250. The molecule has 0 saturated carbocycles. The summed E-state index contributed by atoms with van der Waals surface area (Å²) in [6, 6.07) is 11.7. The fourth-order valence-corrected chi connectivity index (χ4v) is 3.72. The summed E-state index contributed by atoms with van der Waals surface area (Å²) in [6.07, 6.45) is 0. The highest BCUT2D eigenvalue weighted by Crippen LogP contribution is 2.24. The van der Waals surface area contributed by atoms with Gasteiger partial charge in [-0.15, -0.1) is 21.5 Å². The molecule has 2 heterocycles. The number of halogens is 1. The number of rotatable bonds is 6. The molecule has 0 N–H and O–H groups in total. The maximum absolute atomic E-state index is 5.75. The van der Waals surface area contributed by atoms with E-state index in [2.05, 4.69) is 43.2 Å². The lowest BCUT2D eigenvalue weighted by Gasteiger charge is -2.12. The van der Waals surface area contributed by atoms with Crippen LogP contribution < -0.4 is 4.74 Å². The van der Waals surface area contributed by atoms with Crippen LogP contribution in [0.15, 0.2) is 44.6 Å². The van der Waals surface area contributed by atoms with Crippen molar-refractivity contribution >= 4 is 27.3 Å². The van der Waals surface area contributed by atoms with Gasteiger partial charge in [-0.3, -0.25) is 4.90 Å². The van der Waals surface area contributed by atoms with E-state index in [-0.39, 0.29) is 0 Å². The predicted octanol–water partition coefficient (Wildman–Crippen LogP) is 4.20. The molecule has 5 nitrogen and oxygen atoms in total. The smallest absolute Gasteiger partial charge is 0.247 e. The molecular weight excluding hydrogens is 378 g/mol. The predicted molar refractivity (Wildman–Crippen MR) is 93.5 cm³/mol. The summed E-state index contributed by atoms with van der Waals surface area (Å²) in [5.74, 6) is 1.93. The topological polar surface area (TPSA) is 51.4 Å². The van der Waals surface area contributed by atoms with Crippen LogP contribution in [0.4, 0.5) is 0 Å². The van der Waals surface area contributed by atoms with Gasteiger partial charge in [-0.05, 0) is 59.4 Å². The van der Waals surface area contributed by atoms with Crippen molar-refractivity contribution in [1.29, 1.82) is 0 Å². The molecule has 0 fully saturated rings. The first-order valence-electron chi connectivity index (χ1n) is 7.03. The second-order valence-electron chi connectivity index (χ2n) is 5.11. The van der Waals surface area contributed by atoms with Crippen molar-refractivity contribution in [3.63, 3.8) is 0 Å². The van der Waals surface area contributed by atoms with Crippen LogP contribution in [0.1, 0.15) is 10.8 Å². The maximum atomic E-state index is 5.75. The Morgan fingerprint density at radius 3 is 2.57 bits per heavy atom. The summed E-state index contributed by atoms with van der Waals surface area (Å²) in [5, 5.41) is 8.24. The van der Waals surface area contributed by atoms with Crippen LogP contribution in [0.3, 0.4) is 0 Å². The maximum Gasteiger partial charge on any atom is 0.247 e. The van der Waals surface area contributed by atoms with Crippen molar-refractivity contribution in [2.75, 3.05) is 14.2 Å². The number of nitrogens with zero attached hydrogens (tertiary/aromatic N) is 3. The molecule has 2 aromatic heterocycles. The van der Waals surface area contributed by atoms with Crippen molar-refractivity contribution in [1.82, 2.24) is 15.1 Å². The summed E-state index contributed by atoms with van der Waals surface area (Å²) in [4.78, 5) is 3.43. The van der Waals surface area contributed by atoms with Crippen molar-refractivity contribution in [2.24, 2.45) is 0 Å². The lowest BCUT2D eigenvalue weighted by molar-refractivity contribution is 0.285. The summed E-state index contributed by atoms with van der Waals surface area (Å²) in [7, 11) is 3.67.